The van der Waals surface area contributed by atoms with Crippen LogP contribution >= 0.6 is 0 Å². The van der Waals surface area contributed by atoms with Crippen LogP contribution in [0.3, 0.4) is 0 Å². The van der Waals surface area contributed by atoms with Gasteiger partial charge in [-0.15, -0.1) is 0 Å². The maximum Gasteiger partial charge on any atom is 0.0575 e. The second-order valence-corrected chi connectivity index (χ2v) is 49.3. The summed E-state index contributed by atoms with van der Waals surface area (Å²) in [7, 11) is 2.72. The van der Waals surface area contributed by atoms with Crippen molar-refractivity contribution in [2.45, 2.75) is 267 Å². The lowest BCUT2D eigenvalue weighted by molar-refractivity contribution is 0.271. The molecule has 1 atom stereocenters. The van der Waals surface area contributed by atoms with Gasteiger partial charge in [-0.3, -0.25) is 4.90 Å². The summed E-state index contributed by atoms with van der Waals surface area (Å²) < 4.78 is 0. The lowest BCUT2D eigenvalue weighted by Gasteiger charge is -2.52. The van der Waals surface area contributed by atoms with Gasteiger partial charge < -0.3 is 0 Å². The number of hydrogen-bond donors (Lipinski definition) is 0. The fraction of sp³-hybridized carbons (Fsp3) is 0.319. The Morgan fingerprint density at radius 2 is 0.403 bits per heavy atom. The largest absolute Gasteiger partial charge is 0.297 e. The van der Waals surface area contributed by atoms with Crippen LogP contribution < -0.4 is 0 Å². The van der Waals surface area contributed by atoms with Crippen molar-refractivity contribution in [2.24, 2.45) is 0 Å². The molecule has 1 saturated heterocycles. The summed E-state index contributed by atoms with van der Waals surface area (Å²) in [5, 5.41) is 91.0. The highest BCUT2D eigenvalue weighted by Crippen LogP contribution is 2.88. The van der Waals surface area contributed by atoms with Gasteiger partial charge >= 0.3 is 0 Å². The Labute approximate surface area is 802 Å². The minimum Gasteiger partial charge on any atom is -0.297 e. The van der Waals surface area contributed by atoms with Crippen LogP contribution in [0.2, 0.25) is 0 Å². The molecule has 139 heavy (non-hydrogen) atoms. The summed E-state index contributed by atoms with van der Waals surface area (Å²) in [5.74, 6) is 0. The fourth-order valence-electron chi connectivity index (χ4n) is 41.0. The van der Waals surface area contributed by atoms with Crippen molar-refractivity contribution in [3.8, 4) is 55.6 Å². The summed E-state index contributed by atoms with van der Waals surface area (Å²) >= 11 is 0. The highest BCUT2D eigenvalue weighted by molar-refractivity contribution is 6.82. The van der Waals surface area contributed by atoms with E-state index in [-0.39, 0.29) is 27.7 Å². The van der Waals surface area contributed by atoms with Gasteiger partial charge in [0.05, 0.1) is 10.8 Å². The van der Waals surface area contributed by atoms with Crippen LogP contribution in [0.5, 0.6) is 0 Å². The average Bonchev–Trinajstić information content (AvgIpc) is 1.38. The first-order valence-corrected chi connectivity index (χ1v) is 56.1. The Bertz CT molecular complexity index is 10700. The van der Waals surface area contributed by atoms with Gasteiger partial charge in [-0.1, -0.05) is 287 Å². The van der Waals surface area contributed by atoms with Crippen molar-refractivity contribution in [2.75, 3.05) is 13.6 Å². The molecular weight excluding hydrogens is 1670 g/mol. The maximum atomic E-state index is 3.13. The molecule has 660 valence electrons. The van der Waals surface area contributed by atoms with Crippen molar-refractivity contribution >= 4 is 291 Å². The third-order valence-electron chi connectivity index (χ3n) is 44.6. The van der Waals surface area contributed by atoms with Gasteiger partial charge in [-0.05, 0) is 478 Å². The highest BCUT2D eigenvalue weighted by Gasteiger charge is 2.76. The number of rotatable bonds is 33. The summed E-state index contributed by atoms with van der Waals surface area (Å²) in [6.07, 6.45) is 37.9. The van der Waals surface area contributed by atoms with E-state index < -0.39 is 5.41 Å². The lowest BCUT2D eigenvalue weighted by atomic mass is 9.47. The molecular formula is C138H103N. The van der Waals surface area contributed by atoms with Crippen LogP contribution in [0.4, 0.5) is 0 Å². The standard InChI is InChI=1S/C138H103N/c1-8-14-20-28-46-134(47-29-21-15-9-2)69-35-27-26-34-63(69)64-41-36-58(52-70(64)134)59-37-42-65-66-43-38-60(54-72(66)135(71(65)53-59,48-30-22-16-10-3)49-31-23-17-11-4)61-39-44-67-68-45-40-62(56-74(68)136(73(67)55-61,50-32-24-18-12-5)51-33-25-19-13-6)133-138-131-125-119-109-97-89-81-77-75-76-79-83(81)91(97)101-95-87(79)88-80(76)84-82-78(75)86-85(77)93-99(89)107-113-103(93)104-94(86)100-90(82)98-92(84)102-96(88)106-105(95)117(111(101)119)127(131)128-118(106)112(102)120-110(98)116-108(100)114(104)122-121(113)129(123(125)115(107)109)137(138,57-139(133)7)130(122)124(116)126(120)132(128)138/h26-27,34-45,52-56,133H,8-25,28-33,46-51,57H2,1-7H3. The minimum atomic E-state index is -0.441. The number of likely N-dealkylation sites (tertiary alicyclic amines) is 1. The molecule has 42 rings (SSSR count). The van der Waals surface area contributed by atoms with Crippen molar-refractivity contribution in [3.05, 3.63) is 176 Å². The Hall–Kier alpha value is -12.3. The summed E-state index contributed by atoms with van der Waals surface area (Å²) in [6, 6.07) is 50.6. The monoisotopic (exact) mass is 1770 g/mol. The SMILES string of the molecule is CCCCCCC1(CCCCCC)c2ccccc2-c2ccc(-c3ccc4c(c3)C(CCCCCC)(CCCCCC)c3cc(-c5ccc6c(c5)C(CCCCCC)(CCCCCC)c5cc(C7N(C)CC89c%10c%11c%12c%13c%14c%15c(c%16c%17c8c8c%10c%10c%18c%11c%11c%12c%12c%14c%14c%19c%15c%15c%16c%16c%17c%17c8c8c%10c%10c%18c%18c%11c%11c%12c%14c%12c%14c%19c%15c%15c%16c%16c%17c8c8c%10c%10c%18c%11c%12c%11c%14c%15c%16c8c%10%11)C%1379)ccc5-6)ccc3-4)cc21. The van der Waals surface area contributed by atoms with Crippen molar-refractivity contribution in [1.29, 1.82) is 0 Å². The summed E-state index contributed by atoms with van der Waals surface area (Å²) in [5.41, 5.74) is 32.2. The number of fused-ring (bicyclic) bond motifs is 9. The van der Waals surface area contributed by atoms with Gasteiger partial charge in [0.2, 0.25) is 0 Å². The molecule has 0 radical (unpaired) electrons. The van der Waals surface area contributed by atoms with E-state index in [1.54, 1.807) is 352 Å². The molecule has 7 aliphatic carbocycles. The zero-order valence-electron chi connectivity index (χ0n) is 80.9. The maximum absolute atomic E-state index is 3.13. The van der Waals surface area contributed by atoms with Crippen molar-refractivity contribution in [1.82, 2.24) is 4.90 Å². The van der Waals surface area contributed by atoms with Gasteiger partial charge in [-0.25, -0.2) is 0 Å². The molecule has 0 bridgehead atoms. The second-order valence-electron chi connectivity index (χ2n) is 49.3. The Kier molecular flexibility index (Phi) is 11.4. The predicted octanol–water partition coefficient (Wildman–Crippen LogP) is 39.9. The van der Waals surface area contributed by atoms with Crippen molar-refractivity contribution in [3.63, 3.8) is 0 Å². The fourth-order valence-corrected chi connectivity index (χ4v) is 41.0. The van der Waals surface area contributed by atoms with E-state index in [1.807, 2.05) is 0 Å². The Morgan fingerprint density at radius 1 is 0.201 bits per heavy atom. The molecule has 2 spiro atoms. The smallest absolute Gasteiger partial charge is 0.0575 e. The number of unbranched alkanes of at least 4 members (excludes halogenated alkanes) is 18. The summed E-state index contributed by atoms with van der Waals surface area (Å²) in [6.45, 7) is 15.5. The highest BCUT2D eigenvalue weighted by atomic mass is 15.2. The lowest BCUT2D eigenvalue weighted by Crippen LogP contribution is -2.52. The zero-order valence-corrected chi connectivity index (χ0v) is 80.9. The van der Waals surface area contributed by atoms with Crippen LogP contribution in [0.15, 0.2) is 115 Å². The number of hydrogen-bond acceptors (Lipinski definition) is 1. The molecule has 1 nitrogen and oxygen atoms in total. The second kappa shape index (κ2) is 21.9. The van der Waals surface area contributed by atoms with Gasteiger partial charge in [0, 0.05) is 28.8 Å². The van der Waals surface area contributed by atoms with Crippen LogP contribution in [-0.4, -0.2) is 18.5 Å². The van der Waals surface area contributed by atoms with E-state index in [4.69, 9.17) is 0 Å². The molecule has 0 amide bonds. The van der Waals surface area contributed by atoms with E-state index in [2.05, 4.69) is 169 Å². The molecule has 8 aliphatic rings. The van der Waals surface area contributed by atoms with E-state index in [9.17, 15) is 0 Å². The van der Waals surface area contributed by atoms with Gasteiger partial charge in [0.15, 0.2) is 0 Å². The molecule has 1 heteroatoms. The third kappa shape index (κ3) is 6.28. The molecule has 34 aromatic carbocycles. The zero-order chi connectivity index (χ0) is 89.3. The molecule has 1 unspecified atom stereocenters. The predicted molar refractivity (Wildman–Crippen MR) is 598 cm³/mol. The Morgan fingerprint density at radius 3 is 0.647 bits per heavy atom. The molecule has 0 saturated carbocycles. The first-order chi connectivity index (χ1) is 68.8. The minimum absolute atomic E-state index is 0.0391. The number of likely N-dealkylation sites (N-methyl/N-ethyl adjacent to an activating group) is 1. The van der Waals surface area contributed by atoms with Crippen LogP contribution in [-0.2, 0) is 27.1 Å². The Balaban J connectivity index is 0.548. The van der Waals surface area contributed by atoms with Gasteiger partial charge in [0.1, 0.15) is 0 Å². The van der Waals surface area contributed by atoms with Gasteiger partial charge in [-0.2, -0.15) is 0 Å². The van der Waals surface area contributed by atoms with Crippen LogP contribution in [0, 0.1) is 0 Å². The topological polar surface area (TPSA) is 3.24 Å². The molecule has 1 fully saturated rings. The third-order valence-corrected chi connectivity index (χ3v) is 44.6. The van der Waals surface area contributed by atoms with Crippen LogP contribution in [0.25, 0.3) is 346 Å². The molecule has 0 aromatic heterocycles. The van der Waals surface area contributed by atoms with E-state index in [0.29, 0.717) is 0 Å². The number of benzene rings is 24. The molecule has 1 heterocycles. The quantitative estimate of drug-likeness (QED) is 0.0293. The van der Waals surface area contributed by atoms with Crippen molar-refractivity contribution < 1.29 is 0 Å². The number of nitrogens with zero attached hydrogens (tertiary/aromatic N) is 1. The molecule has 1 aliphatic heterocycles. The van der Waals surface area contributed by atoms with E-state index >= 15 is 0 Å². The average molecular weight is 1780 g/mol. The first kappa shape index (κ1) is 72.1. The molecule has 34 aromatic rings. The van der Waals surface area contributed by atoms with E-state index in [0.717, 1.165) is 6.54 Å². The molecule has 0 N–H and O–H groups in total. The van der Waals surface area contributed by atoms with E-state index in [1.165, 1.54) is 248 Å². The first-order valence-electron chi connectivity index (χ1n) is 56.1. The van der Waals surface area contributed by atoms with Gasteiger partial charge in [0.25, 0.3) is 0 Å². The normalized spacial score (nSPS) is 19.7. The van der Waals surface area contributed by atoms with Crippen LogP contribution in [0.1, 0.15) is 301 Å². The summed E-state index contributed by atoms with van der Waals surface area (Å²) in [4.78, 5) is 3.13.